The molecule has 2 aromatic rings. The van der Waals surface area contributed by atoms with E-state index in [1.54, 1.807) is 0 Å². The van der Waals surface area contributed by atoms with Gasteiger partial charge in [-0.2, -0.15) is 0 Å². The first-order chi connectivity index (χ1) is 16.0. The number of nitrogens with one attached hydrogen (secondary N) is 1. The van der Waals surface area contributed by atoms with Crippen molar-refractivity contribution in [3.63, 3.8) is 0 Å². The van der Waals surface area contributed by atoms with E-state index in [1.807, 2.05) is 50.2 Å². The second-order valence-electron chi connectivity index (χ2n) is 8.05. The van der Waals surface area contributed by atoms with Gasteiger partial charge in [-0.1, -0.05) is 18.2 Å². The molecule has 178 valence electrons. The molecule has 0 atom stereocenters. The fraction of sp³-hybridized carbons (Fsp3) is 0.286. The van der Waals surface area contributed by atoms with Crippen LogP contribution >= 0.6 is 12.4 Å². The topological polar surface area (TPSA) is 63.8 Å². The maximum Gasteiger partial charge on any atom is 0.338 e. The number of anilines is 1. The Kier molecular flexibility index (Phi) is 8.00. The molecule has 0 saturated carbocycles. The first-order valence-corrected chi connectivity index (χ1v) is 11.5. The number of aryl methyl sites for hydroxylation is 2. The third kappa shape index (κ3) is 4.66. The van der Waals surface area contributed by atoms with Gasteiger partial charge >= 0.3 is 5.97 Å². The highest BCUT2D eigenvalue weighted by Gasteiger charge is 2.23. The van der Waals surface area contributed by atoms with E-state index >= 15 is 0 Å². The van der Waals surface area contributed by atoms with Crippen LogP contribution in [0.5, 0.6) is 0 Å². The van der Waals surface area contributed by atoms with Gasteiger partial charge in [-0.05, 0) is 69.5 Å². The van der Waals surface area contributed by atoms with E-state index in [1.165, 1.54) is 0 Å². The Balaban J connectivity index is 0.00000324. The highest BCUT2D eigenvalue weighted by atomic mass is 35.5. The highest BCUT2D eigenvalue weighted by Crippen LogP contribution is 2.43. The number of hydrogen-bond acceptors (Lipinski definition) is 5. The Hall–Kier alpha value is -3.31. The van der Waals surface area contributed by atoms with Crippen LogP contribution in [0, 0.1) is 13.8 Å². The van der Waals surface area contributed by atoms with Crippen LogP contribution in [0.15, 0.2) is 57.9 Å². The lowest BCUT2D eigenvalue weighted by molar-refractivity contribution is 0.0527. The van der Waals surface area contributed by atoms with Gasteiger partial charge in [0.2, 0.25) is 0 Å². The average Bonchev–Trinajstić information content (AvgIpc) is 2.80. The van der Waals surface area contributed by atoms with Gasteiger partial charge < -0.3 is 14.5 Å². The van der Waals surface area contributed by atoms with E-state index in [-0.39, 0.29) is 18.4 Å². The molecule has 0 aromatic heterocycles. The number of carbonyl (C=O) groups is 1. The smallest absolute Gasteiger partial charge is 0.338 e. The van der Waals surface area contributed by atoms with Crippen molar-refractivity contribution in [2.24, 2.45) is 4.99 Å². The maximum absolute atomic E-state index is 12.9. The summed E-state index contributed by atoms with van der Waals surface area (Å²) in [5.74, 6) is 0.408. The molecule has 34 heavy (non-hydrogen) atoms. The number of hydrogen-bond donors (Lipinski definition) is 1. The number of carbonyl (C=O) groups excluding carboxylic acids is 1. The van der Waals surface area contributed by atoms with E-state index in [4.69, 9.17) is 9.15 Å². The van der Waals surface area contributed by atoms with Crippen molar-refractivity contribution in [2.45, 2.75) is 34.6 Å². The van der Waals surface area contributed by atoms with Crippen LogP contribution in [-0.2, 0) is 4.74 Å². The van der Waals surface area contributed by atoms with E-state index in [9.17, 15) is 4.79 Å². The van der Waals surface area contributed by atoms with Crippen molar-refractivity contribution in [3.05, 3.63) is 70.6 Å². The van der Waals surface area contributed by atoms with E-state index < -0.39 is 0 Å². The van der Waals surface area contributed by atoms with Crippen molar-refractivity contribution < 1.29 is 13.9 Å². The molecule has 1 heterocycles. The van der Waals surface area contributed by atoms with Gasteiger partial charge in [0.25, 0.3) is 0 Å². The summed E-state index contributed by atoms with van der Waals surface area (Å²) in [5.41, 5.74) is 7.25. The Morgan fingerprint density at radius 2 is 1.76 bits per heavy atom. The molecular formula is C28H31ClN2O3. The molecule has 5 nitrogen and oxygen atoms in total. The fourth-order valence-electron chi connectivity index (χ4n) is 4.29. The van der Waals surface area contributed by atoms with Gasteiger partial charge in [0.05, 0.1) is 17.5 Å². The van der Waals surface area contributed by atoms with Crippen molar-refractivity contribution >= 4 is 35.0 Å². The van der Waals surface area contributed by atoms with Crippen LogP contribution in [0.25, 0.3) is 33.4 Å². The van der Waals surface area contributed by atoms with Crippen LogP contribution in [0.1, 0.15) is 42.3 Å². The monoisotopic (exact) mass is 478 g/mol. The second kappa shape index (κ2) is 10.7. The van der Waals surface area contributed by atoms with E-state index in [0.717, 1.165) is 62.1 Å². The Bertz CT molecular complexity index is 1370. The van der Waals surface area contributed by atoms with Gasteiger partial charge in [0.1, 0.15) is 11.3 Å². The molecular weight excluding hydrogens is 448 g/mol. The summed E-state index contributed by atoms with van der Waals surface area (Å²) >= 11 is 0. The predicted molar refractivity (Wildman–Crippen MR) is 141 cm³/mol. The largest absolute Gasteiger partial charge is 0.462 e. The maximum atomic E-state index is 12.9. The molecule has 6 heteroatoms. The molecule has 0 amide bonds. The van der Waals surface area contributed by atoms with Gasteiger partial charge in [-0.3, -0.25) is 4.99 Å². The van der Waals surface area contributed by atoms with Gasteiger partial charge in [-0.25, -0.2) is 4.79 Å². The van der Waals surface area contributed by atoms with E-state index in [0.29, 0.717) is 18.7 Å². The van der Waals surface area contributed by atoms with Gasteiger partial charge in [-0.15, -0.1) is 12.4 Å². The average molecular weight is 479 g/mol. The summed E-state index contributed by atoms with van der Waals surface area (Å²) in [7, 11) is 0. The quantitative estimate of drug-likeness (QED) is 0.245. The number of halogens is 1. The lowest BCUT2D eigenvalue weighted by Gasteiger charge is -2.19. The second-order valence-corrected chi connectivity index (χ2v) is 8.05. The van der Waals surface area contributed by atoms with Crippen molar-refractivity contribution in [1.29, 1.82) is 0 Å². The minimum atomic E-state index is -0.328. The van der Waals surface area contributed by atoms with Crippen LogP contribution in [0.2, 0.25) is 0 Å². The lowest BCUT2D eigenvalue weighted by atomic mass is 9.89. The number of benzene rings is 3. The van der Waals surface area contributed by atoms with Gasteiger partial charge in [0, 0.05) is 47.4 Å². The number of fused-ring (bicyclic) bond motifs is 2. The molecule has 1 aliphatic carbocycles. The molecule has 0 saturated heterocycles. The summed E-state index contributed by atoms with van der Waals surface area (Å²) in [6.45, 7) is 11.9. The molecule has 1 aliphatic heterocycles. The Labute approximate surface area is 206 Å². The molecule has 2 aromatic carbocycles. The summed E-state index contributed by atoms with van der Waals surface area (Å²) in [6, 6.07) is 15.9. The minimum Gasteiger partial charge on any atom is -0.462 e. The lowest BCUT2D eigenvalue weighted by Crippen LogP contribution is -2.10. The first-order valence-electron chi connectivity index (χ1n) is 11.5. The van der Waals surface area contributed by atoms with E-state index in [2.05, 4.69) is 43.2 Å². The van der Waals surface area contributed by atoms with Crippen LogP contribution in [-0.4, -0.2) is 25.7 Å². The van der Waals surface area contributed by atoms with Gasteiger partial charge in [0.15, 0.2) is 0 Å². The van der Waals surface area contributed by atoms with Crippen LogP contribution in [0.3, 0.4) is 0 Å². The predicted octanol–water partition coefficient (Wildman–Crippen LogP) is 6.77. The zero-order chi connectivity index (χ0) is 23.5. The minimum absolute atomic E-state index is 0. The van der Waals surface area contributed by atoms with Crippen LogP contribution < -0.4 is 10.7 Å². The SMILES string of the molecule is CCN=c1cc2oc3cc(NCC)c(C)cc3c(-c3ccccc3C(=O)OCC)c-2cc1C.Cl. The normalized spacial score (nSPS) is 11.5. The zero-order valence-corrected chi connectivity index (χ0v) is 21.1. The molecule has 0 fully saturated rings. The third-order valence-corrected chi connectivity index (χ3v) is 5.77. The molecule has 0 radical (unpaired) electrons. The molecule has 0 spiro atoms. The standard InChI is InChI=1S/C28H30N2O3.ClH/c1-6-29-23-15-25-21(13-17(23)4)27(19-11-9-10-12-20(19)28(31)32-8-3)22-14-18(5)24(30-7-2)16-26(22)33-25;/h9-16,29H,6-8H2,1-5H3;1H. The third-order valence-electron chi connectivity index (χ3n) is 5.77. The first kappa shape index (κ1) is 25.3. The molecule has 0 unspecified atom stereocenters. The number of rotatable bonds is 6. The Morgan fingerprint density at radius 1 is 1.00 bits per heavy atom. The summed E-state index contributed by atoms with van der Waals surface area (Å²) < 4.78 is 11.8. The summed E-state index contributed by atoms with van der Waals surface area (Å²) in [5, 5.41) is 5.28. The van der Waals surface area contributed by atoms with Crippen molar-refractivity contribution in [2.75, 3.05) is 25.0 Å². The summed E-state index contributed by atoms with van der Waals surface area (Å²) in [6.07, 6.45) is 0. The molecule has 2 aliphatic rings. The van der Waals surface area contributed by atoms with Crippen LogP contribution in [0.4, 0.5) is 5.69 Å². The number of ether oxygens (including phenoxy) is 1. The summed E-state index contributed by atoms with van der Waals surface area (Å²) in [4.78, 5) is 17.5. The fourth-order valence-corrected chi connectivity index (χ4v) is 4.29. The molecule has 1 N–H and O–H groups in total. The van der Waals surface area contributed by atoms with Crippen molar-refractivity contribution in [3.8, 4) is 22.5 Å². The highest BCUT2D eigenvalue weighted by molar-refractivity contribution is 6.08. The number of nitrogens with zero attached hydrogens (tertiary/aromatic N) is 1. The molecule has 4 rings (SSSR count). The molecule has 0 bridgehead atoms. The zero-order valence-electron chi connectivity index (χ0n) is 20.3. The number of esters is 1. The Morgan fingerprint density at radius 3 is 2.47 bits per heavy atom. The van der Waals surface area contributed by atoms with Crippen molar-refractivity contribution in [1.82, 2.24) is 0 Å².